The zero-order valence-electron chi connectivity index (χ0n) is 13.9. The van der Waals surface area contributed by atoms with Gasteiger partial charge in [0, 0.05) is 13.0 Å². The minimum Gasteiger partial charge on any atom is -0.350 e. The Bertz CT molecular complexity index is 281. The first-order valence-electron chi connectivity index (χ1n) is 8.42. The van der Waals surface area contributed by atoms with E-state index in [2.05, 4.69) is 32.6 Å². The molecule has 0 aromatic heterocycles. The van der Waals surface area contributed by atoms with E-state index in [9.17, 15) is 0 Å². The number of hydrogen-bond donors (Lipinski definition) is 0. The molecular weight excluding hydrogens is 250 g/mol. The van der Waals surface area contributed by atoms with Gasteiger partial charge in [0.15, 0.2) is 6.29 Å². The lowest BCUT2D eigenvalue weighted by Crippen LogP contribution is -2.37. The Morgan fingerprint density at radius 2 is 1.85 bits per heavy atom. The van der Waals surface area contributed by atoms with Crippen LogP contribution in [0.1, 0.15) is 59.8 Å². The number of rotatable bonds is 5. The van der Waals surface area contributed by atoms with Crippen LogP contribution >= 0.6 is 0 Å². The highest BCUT2D eigenvalue weighted by Gasteiger charge is 2.29. The summed E-state index contributed by atoms with van der Waals surface area (Å²) in [4.78, 5) is 2.54. The van der Waals surface area contributed by atoms with Crippen LogP contribution in [0.15, 0.2) is 0 Å². The van der Waals surface area contributed by atoms with Gasteiger partial charge in [0.25, 0.3) is 0 Å². The molecule has 2 aliphatic heterocycles. The summed E-state index contributed by atoms with van der Waals surface area (Å²) in [5.41, 5.74) is 0.394. The molecule has 0 saturated carbocycles. The molecule has 3 atom stereocenters. The Balaban J connectivity index is 1.66. The quantitative estimate of drug-likeness (QED) is 0.768. The smallest absolute Gasteiger partial charge is 0.158 e. The molecule has 0 aromatic carbocycles. The van der Waals surface area contributed by atoms with E-state index in [1.54, 1.807) is 0 Å². The van der Waals surface area contributed by atoms with Crippen molar-refractivity contribution in [3.05, 3.63) is 0 Å². The number of ether oxygens (including phenoxy) is 2. The van der Waals surface area contributed by atoms with E-state index in [0.29, 0.717) is 17.4 Å². The second-order valence-corrected chi connectivity index (χ2v) is 7.99. The van der Waals surface area contributed by atoms with Crippen LogP contribution in [0, 0.1) is 11.3 Å². The molecule has 0 aliphatic carbocycles. The van der Waals surface area contributed by atoms with Gasteiger partial charge in [-0.25, -0.2) is 0 Å². The largest absolute Gasteiger partial charge is 0.350 e. The summed E-state index contributed by atoms with van der Waals surface area (Å²) < 4.78 is 11.9. The summed E-state index contributed by atoms with van der Waals surface area (Å²) in [6, 6.07) is 0. The maximum Gasteiger partial charge on any atom is 0.158 e. The molecule has 0 bridgehead atoms. The lowest BCUT2D eigenvalue weighted by atomic mass is 9.84. The first-order valence-corrected chi connectivity index (χ1v) is 8.42. The van der Waals surface area contributed by atoms with E-state index in [1.165, 1.54) is 38.8 Å². The van der Waals surface area contributed by atoms with Crippen molar-refractivity contribution in [3.8, 4) is 0 Å². The standard InChI is InChI=1S/C17H33NO2/c1-14(11-17(2,3)4)10-16-19-13-15(20-16)12-18-8-6-5-7-9-18/h14-16H,5-13H2,1-4H3/t14-,15-,16+/m0/s1. The van der Waals surface area contributed by atoms with Crippen LogP contribution in [0.5, 0.6) is 0 Å². The predicted molar refractivity (Wildman–Crippen MR) is 82.8 cm³/mol. The van der Waals surface area contributed by atoms with Gasteiger partial charge in [0.2, 0.25) is 0 Å². The lowest BCUT2D eigenvalue weighted by molar-refractivity contribution is -0.0762. The molecule has 118 valence electrons. The highest BCUT2D eigenvalue weighted by atomic mass is 16.7. The van der Waals surface area contributed by atoms with Crippen molar-refractivity contribution in [2.24, 2.45) is 11.3 Å². The van der Waals surface area contributed by atoms with E-state index in [0.717, 1.165) is 19.6 Å². The van der Waals surface area contributed by atoms with Crippen molar-refractivity contribution in [3.63, 3.8) is 0 Å². The molecule has 0 unspecified atom stereocenters. The van der Waals surface area contributed by atoms with Crippen LogP contribution in [-0.2, 0) is 9.47 Å². The molecule has 0 spiro atoms. The van der Waals surface area contributed by atoms with Crippen LogP contribution in [0.3, 0.4) is 0 Å². The molecule has 2 rings (SSSR count). The Labute approximate surface area is 125 Å². The molecule has 0 radical (unpaired) electrons. The van der Waals surface area contributed by atoms with Gasteiger partial charge in [-0.1, -0.05) is 34.1 Å². The molecule has 20 heavy (non-hydrogen) atoms. The lowest BCUT2D eigenvalue weighted by Gasteiger charge is -2.28. The SMILES string of the molecule is C[C@@H](C[C@@H]1OC[C@H](CN2CCCCC2)O1)CC(C)(C)C. The van der Waals surface area contributed by atoms with Crippen molar-refractivity contribution in [1.29, 1.82) is 0 Å². The summed E-state index contributed by atoms with van der Waals surface area (Å²) in [5.74, 6) is 0.661. The van der Waals surface area contributed by atoms with Gasteiger partial charge in [-0.3, -0.25) is 0 Å². The van der Waals surface area contributed by atoms with Gasteiger partial charge in [-0.05, 0) is 43.7 Å². The van der Waals surface area contributed by atoms with E-state index in [4.69, 9.17) is 9.47 Å². The normalized spacial score (nSPS) is 30.6. The molecule has 2 fully saturated rings. The maximum atomic E-state index is 6.09. The Morgan fingerprint density at radius 3 is 2.50 bits per heavy atom. The molecule has 2 saturated heterocycles. The molecular formula is C17H33NO2. The molecule has 2 aliphatic rings. The maximum absolute atomic E-state index is 6.09. The number of piperidine rings is 1. The highest BCUT2D eigenvalue weighted by Crippen LogP contribution is 2.29. The zero-order valence-corrected chi connectivity index (χ0v) is 13.9. The highest BCUT2D eigenvalue weighted by molar-refractivity contribution is 4.75. The fourth-order valence-electron chi connectivity index (χ4n) is 3.61. The first-order chi connectivity index (χ1) is 9.42. The van der Waals surface area contributed by atoms with Crippen molar-refractivity contribution in [2.45, 2.75) is 72.2 Å². The van der Waals surface area contributed by atoms with Gasteiger partial charge < -0.3 is 14.4 Å². The molecule has 0 amide bonds. The summed E-state index contributed by atoms with van der Waals surface area (Å²) in [7, 11) is 0. The van der Waals surface area contributed by atoms with Crippen LogP contribution < -0.4 is 0 Å². The topological polar surface area (TPSA) is 21.7 Å². The Morgan fingerprint density at radius 1 is 1.15 bits per heavy atom. The van der Waals surface area contributed by atoms with Gasteiger partial charge in [0.05, 0.1) is 12.7 Å². The summed E-state index contributed by atoms with van der Waals surface area (Å²) in [6.45, 7) is 13.6. The second kappa shape index (κ2) is 7.24. The van der Waals surface area contributed by atoms with Crippen molar-refractivity contribution in [2.75, 3.05) is 26.2 Å². The van der Waals surface area contributed by atoms with Crippen molar-refractivity contribution < 1.29 is 9.47 Å². The third kappa shape index (κ3) is 5.71. The zero-order chi connectivity index (χ0) is 14.6. The van der Waals surface area contributed by atoms with Crippen LogP contribution in [0.2, 0.25) is 0 Å². The number of likely N-dealkylation sites (tertiary alicyclic amines) is 1. The average molecular weight is 283 g/mol. The van der Waals surface area contributed by atoms with Gasteiger partial charge in [0.1, 0.15) is 0 Å². The average Bonchev–Trinajstić information content (AvgIpc) is 2.75. The minimum absolute atomic E-state index is 0.0298. The van der Waals surface area contributed by atoms with Gasteiger partial charge in [-0.2, -0.15) is 0 Å². The van der Waals surface area contributed by atoms with Crippen molar-refractivity contribution in [1.82, 2.24) is 4.90 Å². The predicted octanol–water partition coefficient (Wildman–Crippen LogP) is 3.68. The molecule has 3 nitrogen and oxygen atoms in total. The third-order valence-electron chi connectivity index (χ3n) is 4.28. The summed E-state index contributed by atoms with van der Waals surface area (Å²) in [5, 5.41) is 0. The third-order valence-corrected chi connectivity index (χ3v) is 4.28. The van der Waals surface area contributed by atoms with Gasteiger partial charge >= 0.3 is 0 Å². The molecule has 0 N–H and O–H groups in total. The van der Waals surface area contributed by atoms with Gasteiger partial charge in [-0.15, -0.1) is 0 Å². The fraction of sp³-hybridized carbons (Fsp3) is 1.00. The van der Waals surface area contributed by atoms with E-state index in [1.807, 2.05) is 0 Å². The Hall–Kier alpha value is -0.120. The minimum atomic E-state index is 0.0298. The van der Waals surface area contributed by atoms with E-state index in [-0.39, 0.29) is 6.29 Å². The second-order valence-electron chi connectivity index (χ2n) is 7.99. The van der Waals surface area contributed by atoms with Crippen LogP contribution in [0.4, 0.5) is 0 Å². The van der Waals surface area contributed by atoms with E-state index < -0.39 is 0 Å². The number of nitrogens with zero attached hydrogens (tertiary/aromatic N) is 1. The first kappa shape index (κ1) is 16.3. The van der Waals surface area contributed by atoms with Crippen molar-refractivity contribution >= 4 is 0 Å². The summed E-state index contributed by atoms with van der Waals surface area (Å²) in [6.07, 6.45) is 6.67. The van der Waals surface area contributed by atoms with E-state index >= 15 is 0 Å². The Kier molecular flexibility index (Phi) is 5.88. The van der Waals surface area contributed by atoms with Crippen LogP contribution in [-0.4, -0.2) is 43.5 Å². The number of hydrogen-bond acceptors (Lipinski definition) is 3. The monoisotopic (exact) mass is 283 g/mol. The fourth-order valence-corrected chi connectivity index (χ4v) is 3.61. The molecule has 3 heteroatoms. The molecule has 0 aromatic rings. The van der Waals surface area contributed by atoms with Crippen LogP contribution in [0.25, 0.3) is 0 Å². The summed E-state index contributed by atoms with van der Waals surface area (Å²) >= 11 is 0. The molecule has 2 heterocycles.